The minimum atomic E-state index is -0.675. The van der Waals surface area contributed by atoms with Crippen molar-refractivity contribution in [1.29, 1.82) is 0 Å². The van der Waals surface area contributed by atoms with Crippen LogP contribution in [-0.2, 0) is 0 Å². The second-order valence-electron chi connectivity index (χ2n) is 6.15. The normalized spacial score (nSPS) is 10.9. The molecule has 4 aromatic rings. The third-order valence-corrected chi connectivity index (χ3v) is 4.62. The van der Waals surface area contributed by atoms with Gasteiger partial charge in [0.25, 0.3) is 0 Å². The molecule has 0 aliphatic heterocycles. The van der Waals surface area contributed by atoms with Crippen molar-refractivity contribution in [3.63, 3.8) is 0 Å². The van der Waals surface area contributed by atoms with Gasteiger partial charge in [-0.05, 0) is 33.2 Å². The molecule has 0 aliphatic carbocycles. The molecule has 4 N–H and O–H groups in total. The highest BCUT2D eigenvalue weighted by Crippen LogP contribution is 2.38. The first kappa shape index (κ1) is 15.8. The molecule has 0 fully saturated rings. The average Bonchev–Trinajstić information content (AvgIpc) is 2.65. The topological polar surface area (TPSA) is 86.2 Å². The summed E-state index contributed by atoms with van der Waals surface area (Å²) in [4.78, 5) is 24.3. The van der Waals surface area contributed by atoms with Gasteiger partial charge in [0.1, 0.15) is 0 Å². The number of carbonyl (C=O) groups is 2. The van der Waals surface area contributed by atoms with Gasteiger partial charge in [0, 0.05) is 5.56 Å². The number of rotatable bonds is 3. The predicted octanol–water partition coefficient (Wildman–Crippen LogP) is 3.86. The first-order valence-corrected chi connectivity index (χ1v) is 8.21. The quantitative estimate of drug-likeness (QED) is 0.593. The lowest BCUT2D eigenvalue weighted by molar-refractivity contribution is 0.0968. The zero-order chi connectivity index (χ0) is 18.3. The lowest BCUT2D eigenvalue weighted by Gasteiger charge is -2.16. The van der Waals surface area contributed by atoms with Gasteiger partial charge < -0.3 is 11.5 Å². The summed E-state index contributed by atoms with van der Waals surface area (Å²) in [5.41, 5.74) is 13.0. The van der Waals surface area contributed by atoms with Crippen LogP contribution < -0.4 is 11.5 Å². The van der Waals surface area contributed by atoms with E-state index in [0.717, 1.165) is 27.1 Å². The van der Waals surface area contributed by atoms with Crippen LogP contribution in [0.5, 0.6) is 0 Å². The largest absolute Gasteiger partial charge is 0.366 e. The third-order valence-electron chi connectivity index (χ3n) is 4.62. The smallest absolute Gasteiger partial charge is 0.250 e. The first-order valence-electron chi connectivity index (χ1n) is 8.21. The van der Waals surface area contributed by atoms with E-state index in [1.54, 1.807) is 6.07 Å². The molecular formula is C22H16N2O2. The lowest BCUT2D eigenvalue weighted by atomic mass is 9.87. The van der Waals surface area contributed by atoms with Crippen molar-refractivity contribution in [3.05, 3.63) is 83.9 Å². The fourth-order valence-corrected chi connectivity index (χ4v) is 3.52. The van der Waals surface area contributed by atoms with Gasteiger partial charge in [-0.25, -0.2) is 0 Å². The highest BCUT2D eigenvalue weighted by atomic mass is 16.2. The van der Waals surface area contributed by atoms with Gasteiger partial charge in [-0.3, -0.25) is 9.59 Å². The Labute approximate surface area is 150 Å². The molecule has 0 bridgehead atoms. The van der Waals surface area contributed by atoms with Crippen molar-refractivity contribution in [2.45, 2.75) is 0 Å². The van der Waals surface area contributed by atoms with Gasteiger partial charge >= 0.3 is 0 Å². The summed E-state index contributed by atoms with van der Waals surface area (Å²) < 4.78 is 0. The van der Waals surface area contributed by atoms with Crippen LogP contribution in [0.25, 0.3) is 32.7 Å². The summed E-state index contributed by atoms with van der Waals surface area (Å²) in [5, 5.41) is 3.69. The van der Waals surface area contributed by atoms with Crippen molar-refractivity contribution in [3.8, 4) is 11.1 Å². The summed E-state index contributed by atoms with van der Waals surface area (Å²) in [6.45, 7) is 0. The van der Waals surface area contributed by atoms with Crippen molar-refractivity contribution in [2.24, 2.45) is 11.5 Å². The van der Waals surface area contributed by atoms with Crippen molar-refractivity contribution >= 4 is 33.4 Å². The minimum absolute atomic E-state index is 0.138. The highest BCUT2D eigenvalue weighted by Gasteiger charge is 2.22. The van der Waals surface area contributed by atoms with Crippen molar-refractivity contribution in [1.82, 2.24) is 0 Å². The Hall–Kier alpha value is -3.66. The molecule has 0 saturated heterocycles. The summed E-state index contributed by atoms with van der Waals surface area (Å²) in [7, 11) is 0. The number of primary amides is 2. The highest BCUT2D eigenvalue weighted by molar-refractivity contribution is 6.19. The Balaban J connectivity index is 2.25. The van der Waals surface area contributed by atoms with Crippen molar-refractivity contribution in [2.75, 3.05) is 0 Å². The summed E-state index contributed by atoms with van der Waals surface area (Å²) in [5.74, 6) is -1.35. The van der Waals surface area contributed by atoms with E-state index in [1.807, 2.05) is 66.7 Å². The molecule has 0 unspecified atom stereocenters. The van der Waals surface area contributed by atoms with Crippen LogP contribution >= 0.6 is 0 Å². The zero-order valence-electron chi connectivity index (χ0n) is 13.9. The summed E-state index contributed by atoms with van der Waals surface area (Å²) in [6, 6.07) is 23.0. The second-order valence-corrected chi connectivity index (χ2v) is 6.15. The van der Waals surface area contributed by atoms with Gasteiger partial charge in [0.15, 0.2) is 0 Å². The molecule has 0 aliphatic rings. The molecule has 2 amide bonds. The number of carbonyl (C=O) groups excluding carboxylic acids is 2. The molecule has 0 atom stereocenters. The van der Waals surface area contributed by atoms with Crippen LogP contribution in [0.15, 0.2) is 72.8 Å². The zero-order valence-corrected chi connectivity index (χ0v) is 13.9. The van der Waals surface area contributed by atoms with Gasteiger partial charge in [-0.1, -0.05) is 66.7 Å². The number of nitrogens with two attached hydrogens (primary N) is 2. The summed E-state index contributed by atoms with van der Waals surface area (Å²) >= 11 is 0. The van der Waals surface area contributed by atoms with Crippen LogP contribution in [0, 0.1) is 0 Å². The molecule has 0 saturated carbocycles. The number of benzene rings is 4. The van der Waals surface area contributed by atoms with E-state index in [1.165, 1.54) is 0 Å². The Morgan fingerprint density at radius 3 is 1.96 bits per heavy atom. The standard InChI is InChI=1S/C22H16N2O2/c23-21(25)18-12-14-7-2-4-10-16(14)19(20(18)22(24)26)17-11-5-8-13-6-1-3-9-15(13)17/h1-12H,(H2,23,25)(H2,24,26). The predicted molar refractivity (Wildman–Crippen MR) is 104 cm³/mol. The van der Waals surface area contributed by atoms with Gasteiger partial charge in [0.05, 0.1) is 11.1 Å². The Morgan fingerprint density at radius 2 is 1.27 bits per heavy atom. The van der Waals surface area contributed by atoms with E-state index in [-0.39, 0.29) is 11.1 Å². The Morgan fingerprint density at radius 1 is 0.654 bits per heavy atom. The number of hydrogen-bond donors (Lipinski definition) is 2. The molecular weight excluding hydrogens is 324 g/mol. The van der Waals surface area contributed by atoms with Crippen LogP contribution in [-0.4, -0.2) is 11.8 Å². The summed E-state index contributed by atoms with van der Waals surface area (Å²) in [6.07, 6.45) is 0. The maximum absolute atomic E-state index is 12.3. The number of fused-ring (bicyclic) bond motifs is 2. The Bertz CT molecular complexity index is 1190. The molecule has 4 nitrogen and oxygen atoms in total. The molecule has 4 aromatic carbocycles. The maximum Gasteiger partial charge on any atom is 0.250 e. The van der Waals surface area contributed by atoms with Crippen LogP contribution in [0.3, 0.4) is 0 Å². The first-order chi connectivity index (χ1) is 12.6. The van der Waals surface area contributed by atoms with E-state index in [0.29, 0.717) is 5.56 Å². The van der Waals surface area contributed by atoms with Gasteiger partial charge in [0.2, 0.25) is 11.8 Å². The van der Waals surface area contributed by atoms with Gasteiger partial charge in [-0.2, -0.15) is 0 Å². The Kier molecular flexibility index (Phi) is 3.66. The number of hydrogen-bond acceptors (Lipinski definition) is 2. The van der Waals surface area contributed by atoms with E-state index >= 15 is 0 Å². The molecule has 126 valence electrons. The van der Waals surface area contributed by atoms with E-state index in [2.05, 4.69) is 0 Å². The maximum atomic E-state index is 12.3. The monoisotopic (exact) mass is 340 g/mol. The molecule has 4 heteroatoms. The molecule has 0 spiro atoms. The number of amides is 2. The van der Waals surface area contributed by atoms with Gasteiger partial charge in [-0.15, -0.1) is 0 Å². The molecule has 0 heterocycles. The van der Waals surface area contributed by atoms with Crippen LogP contribution in [0.4, 0.5) is 0 Å². The second kappa shape index (κ2) is 6.01. The van der Waals surface area contributed by atoms with Crippen molar-refractivity contribution < 1.29 is 9.59 Å². The fourth-order valence-electron chi connectivity index (χ4n) is 3.52. The van der Waals surface area contributed by atoms with E-state index < -0.39 is 11.8 Å². The SMILES string of the molecule is NC(=O)c1cc2ccccc2c(-c2cccc3ccccc23)c1C(N)=O. The average molecular weight is 340 g/mol. The minimum Gasteiger partial charge on any atom is -0.366 e. The molecule has 26 heavy (non-hydrogen) atoms. The molecule has 0 radical (unpaired) electrons. The fraction of sp³-hybridized carbons (Fsp3) is 0. The van der Waals surface area contributed by atoms with E-state index in [4.69, 9.17) is 11.5 Å². The van der Waals surface area contributed by atoms with Crippen LogP contribution in [0.2, 0.25) is 0 Å². The molecule has 4 rings (SSSR count). The lowest BCUT2D eigenvalue weighted by Crippen LogP contribution is -2.22. The third kappa shape index (κ3) is 2.40. The van der Waals surface area contributed by atoms with Crippen LogP contribution in [0.1, 0.15) is 20.7 Å². The van der Waals surface area contributed by atoms with E-state index in [9.17, 15) is 9.59 Å². The molecule has 0 aromatic heterocycles.